The summed E-state index contributed by atoms with van der Waals surface area (Å²) in [5, 5.41) is 8.73. The first-order valence-corrected chi connectivity index (χ1v) is 5.43. The van der Waals surface area contributed by atoms with Crippen LogP contribution in [0.1, 0.15) is 33.6 Å². The number of alkyl halides is 1. The smallest absolute Gasteiger partial charge is 0.115 e. The maximum atomic E-state index is 13.0. The lowest BCUT2D eigenvalue weighted by atomic mass is 9.92. The van der Waals surface area contributed by atoms with Crippen molar-refractivity contribution in [1.82, 2.24) is 4.90 Å². The largest absolute Gasteiger partial charge is 0.294 e. The van der Waals surface area contributed by atoms with Crippen LogP contribution in [0.3, 0.4) is 0 Å². The molecule has 80 valence electrons. The lowest BCUT2D eigenvalue weighted by Gasteiger charge is -2.25. The summed E-state index contributed by atoms with van der Waals surface area (Å²) in [6.45, 7) is 7.38. The van der Waals surface area contributed by atoms with E-state index in [9.17, 15) is 4.39 Å². The monoisotopic (exact) mass is 198 g/mol. The number of rotatable bonds is 0. The Kier molecular flexibility index (Phi) is 3.49. The first kappa shape index (κ1) is 11.5. The van der Waals surface area contributed by atoms with Crippen LogP contribution in [0.2, 0.25) is 0 Å². The number of nitrogens with zero attached hydrogens (tertiary/aromatic N) is 2. The summed E-state index contributed by atoms with van der Waals surface area (Å²) in [5.74, 6) is 0.127. The van der Waals surface area contributed by atoms with Gasteiger partial charge in [0.15, 0.2) is 0 Å². The SMILES string of the molecule is CC.CC12CC(F)CN1CC(C#N)C2. The van der Waals surface area contributed by atoms with Crippen LogP contribution in [-0.4, -0.2) is 29.7 Å². The molecule has 2 aliphatic rings. The van der Waals surface area contributed by atoms with E-state index in [4.69, 9.17) is 5.26 Å². The third-order valence-corrected chi connectivity index (χ3v) is 3.15. The molecule has 0 spiro atoms. The molecule has 2 heterocycles. The van der Waals surface area contributed by atoms with Crippen LogP contribution in [0.4, 0.5) is 4.39 Å². The van der Waals surface area contributed by atoms with Crippen LogP contribution in [-0.2, 0) is 0 Å². The minimum Gasteiger partial charge on any atom is -0.294 e. The zero-order valence-corrected chi connectivity index (χ0v) is 9.26. The molecule has 0 amide bonds. The molecule has 0 bridgehead atoms. The predicted octanol–water partition coefficient (Wildman–Crippen LogP) is 2.36. The van der Waals surface area contributed by atoms with Crippen molar-refractivity contribution in [2.24, 2.45) is 5.92 Å². The van der Waals surface area contributed by atoms with E-state index < -0.39 is 6.17 Å². The highest BCUT2D eigenvalue weighted by molar-refractivity contribution is 5.07. The van der Waals surface area contributed by atoms with Gasteiger partial charge < -0.3 is 0 Å². The van der Waals surface area contributed by atoms with E-state index in [-0.39, 0.29) is 11.5 Å². The minimum absolute atomic E-state index is 0.0141. The van der Waals surface area contributed by atoms with Crippen molar-refractivity contribution in [3.63, 3.8) is 0 Å². The highest BCUT2D eigenvalue weighted by atomic mass is 19.1. The van der Waals surface area contributed by atoms with Crippen molar-refractivity contribution >= 4 is 0 Å². The molecule has 0 aliphatic carbocycles. The van der Waals surface area contributed by atoms with E-state index in [1.165, 1.54) is 0 Å². The molecule has 2 rings (SSSR count). The fourth-order valence-corrected chi connectivity index (χ4v) is 2.59. The van der Waals surface area contributed by atoms with Gasteiger partial charge in [0.05, 0.1) is 12.0 Å². The normalized spacial score (nSPS) is 41.1. The molecular weight excluding hydrogens is 179 g/mol. The lowest BCUT2D eigenvalue weighted by molar-refractivity contribution is 0.217. The molecule has 14 heavy (non-hydrogen) atoms. The van der Waals surface area contributed by atoms with Gasteiger partial charge in [0, 0.05) is 18.6 Å². The van der Waals surface area contributed by atoms with E-state index >= 15 is 0 Å². The van der Waals surface area contributed by atoms with E-state index in [1.54, 1.807) is 0 Å². The molecule has 3 unspecified atom stereocenters. The maximum Gasteiger partial charge on any atom is 0.115 e. The molecule has 0 radical (unpaired) electrons. The molecule has 2 nitrogen and oxygen atoms in total. The van der Waals surface area contributed by atoms with Crippen molar-refractivity contribution in [3.05, 3.63) is 0 Å². The average molecular weight is 198 g/mol. The zero-order valence-electron chi connectivity index (χ0n) is 9.26. The summed E-state index contributed by atoms with van der Waals surface area (Å²) in [6, 6.07) is 2.27. The Morgan fingerprint density at radius 2 is 2.00 bits per heavy atom. The molecule has 0 aromatic carbocycles. The van der Waals surface area contributed by atoms with Gasteiger partial charge in [-0.25, -0.2) is 4.39 Å². The maximum absolute atomic E-state index is 13.0. The molecule has 0 aromatic heterocycles. The number of nitriles is 1. The summed E-state index contributed by atoms with van der Waals surface area (Å²) >= 11 is 0. The van der Waals surface area contributed by atoms with Gasteiger partial charge in [-0.05, 0) is 19.8 Å². The Hall–Kier alpha value is -0.620. The van der Waals surface area contributed by atoms with E-state index in [0.29, 0.717) is 13.0 Å². The number of fused-ring (bicyclic) bond motifs is 1. The van der Waals surface area contributed by atoms with Crippen LogP contribution in [0.15, 0.2) is 0 Å². The highest BCUT2D eigenvalue weighted by Gasteiger charge is 2.48. The summed E-state index contributed by atoms with van der Waals surface area (Å²) in [7, 11) is 0. The molecule has 3 heteroatoms. The lowest BCUT2D eigenvalue weighted by Crippen LogP contribution is -2.34. The molecule has 2 fully saturated rings. The van der Waals surface area contributed by atoms with Gasteiger partial charge in [0.1, 0.15) is 6.17 Å². The molecule has 3 atom stereocenters. The Bertz CT molecular complexity index is 236. The van der Waals surface area contributed by atoms with Crippen LogP contribution in [0.5, 0.6) is 0 Å². The third-order valence-electron chi connectivity index (χ3n) is 3.15. The van der Waals surface area contributed by atoms with Crippen LogP contribution < -0.4 is 0 Å². The highest BCUT2D eigenvalue weighted by Crippen LogP contribution is 2.41. The van der Waals surface area contributed by atoms with Gasteiger partial charge in [0.25, 0.3) is 0 Å². The zero-order chi connectivity index (χ0) is 10.8. The predicted molar refractivity (Wildman–Crippen MR) is 54.6 cm³/mol. The van der Waals surface area contributed by atoms with Crippen LogP contribution in [0.25, 0.3) is 0 Å². The fourth-order valence-electron chi connectivity index (χ4n) is 2.59. The number of halogens is 1. The Labute approximate surface area is 85.7 Å². The molecule has 0 saturated carbocycles. The Morgan fingerprint density at radius 1 is 1.36 bits per heavy atom. The van der Waals surface area contributed by atoms with E-state index in [1.807, 2.05) is 13.8 Å². The topological polar surface area (TPSA) is 27.0 Å². The fraction of sp³-hybridized carbons (Fsp3) is 0.909. The first-order valence-electron chi connectivity index (χ1n) is 5.43. The van der Waals surface area contributed by atoms with Gasteiger partial charge in [-0.2, -0.15) is 5.26 Å². The summed E-state index contributed by atoms with van der Waals surface area (Å²) in [5.41, 5.74) is -0.0141. The van der Waals surface area contributed by atoms with E-state index in [0.717, 1.165) is 13.0 Å². The van der Waals surface area contributed by atoms with Crippen molar-refractivity contribution in [2.45, 2.75) is 45.3 Å². The summed E-state index contributed by atoms with van der Waals surface area (Å²) in [6.07, 6.45) is 0.796. The molecule has 2 saturated heterocycles. The van der Waals surface area contributed by atoms with Gasteiger partial charge >= 0.3 is 0 Å². The minimum atomic E-state index is -0.672. The Balaban J connectivity index is 0.000000461. The average Bonchev–Trinajstić information content (AvgIpc) is 2.58. The standard InChI is InChI=1S/C9H13FN2.C2H6/c1-9-2-7(4-11)5-12(9)6-8(10)3-9;1-2/h7-8H,2-3,5-6H2,1H3;1-2H3. The van der Waals surface area contributed by atoms with Crippen molar-refractivity contribution in [1.29, 1.82) is 5.26 Å². The van der Waals surface area contributed by atoms with Crippen molar-refractivity contribution < 1.29 is 4.39 Å². The molecule has 0 N–H and O–H groups in total. The second-order valence-corrected chi connectivity index (χ2v) is 4.23. The first-order chi connectivity index (χ1) is 6.64. The van der Waals surface area contributed by atoms with Gasteiger partial charge in [-0.1, -0.05) is 13.8 Å². The van der Waals surface area contributed by atoms with E-state index in [2.05, 4.69) is 17.9 Å². The second kappa shape index (κ2) is 4.27. The number of hydrogen-bond donors (Lipinski definition) is 0. The Morgan fingerprint density at radius 3 is 2.50 bits per heavy atom. The van der Waals surface area contributed by atoms with Crippen molar-refractivity contribution in [2.75, 3.05) is 13.1 Å². The number of hydrogen-bond acceptors (Lipinski definition) is 2. The molecule has 0 aromatic rings. The molecular formula is C11H19FN2. The van der Waals surface area contributed by atoms with Crippen LogP contribution in [0, 0.1) is 17.2 Å². The quantitative estimate of drug-likeness (QED) is 0.597. The third kappa shape index (κ3) is 1.90. The van der Waals surface area contributed by atoms with Gasteiger partial charge in [-0.15, -0.1) is 0 Å². The van der Waals surface area contributed by atoms with Gasteiger partial charge in [0.2, 0.25) is 0 Å². The molecule has 2 aliphatic heterocycles. The summed E-state index contributed by atoms with van der Waals surface area (Å²) < 4.78 is 13.0. The van der Waals surface area contributed by atoms with Gasteiger partial charge in [-0.3, -0.25) is 4.90 Å². The van der Waals surface area contributed by atoms with Crippen LogP contribution >= 0.6 is 0 Å². The van der Waals surface area contributed by atoms with Crippen molar-refractivity contribution in [3.8, 4) is 6.07 Å². The summed E-state index contributed by atoms with van der Waals surface area (Å²) in [4.78, 5) is 2.13. The second-order valence-electron chi connectivity index (χ2n) is 4.23.